The van der Waals surface area contributed by atoms with Crippen LogP contribution in [0.25, 0.3) is 0 Å². The number of aryl methyl sites for hydroxylation is 2. The highest BCUT2D eigenvalue weighted by Crippen LogP contribution is 2.25. The number of carboxylic acids is 1. The van der Waals surface area contributed by atoms with E-state index in [-0.39, 0.29) is 5.56 Å². The molecule has 0 aliphatic heterocycles. The van der Waals surface area contributed by atoms with Crippen molar-refractivity contribution in [3.8, 4) is 0 Å². The molecular formula is C12H13N3O2S. The zero-order valence-electron chi connectivity index (χ0n) is 10.1. The Morgan fingerprint density at radius 3 is 2.89 bits per heavy atom. The average molecular weight is 263 g/mol. The second-order valence-corrected chi connectivity index (χ2v) is 4.82. The summed E-state index contributed by atoms with van der Waals surface area (Å²) in [4.78, 5) is 15.5. The molecule has 0 saturated carbocycles. The molecule has 0 saturated heterocycles. The van der Waals surface area contributed by atoms with E-state index in [1.54, 1.807) is 23.9 Å². The van der Waals surface area contributed by atoms with E-state index in [2.05, 4.69) is 10.1 Å². The first-order chi connectivity index (χ1) is 8.58. The summed E-state index contributed by atoms with van der Waals surface area (Å²) in [7, 11) is 0. The highest BCUT2D eigenvalue weighted by atomic mass is 32.2. The number of hydrogen-bond donors (Lipinski definition) is 1. The van der Waals surface area contributed by atoms with Crippen LogP contribution in [0.1, 0.15) is 21.6 Å². The van der Waals surface area contributed by atoms with Gasteiger partial charge in [-0.3, -0.25) is 4.68 Å². The molecule has 2 aromatic heterocycles. The minimum Gasteiger partial charge on any atom is -0.478 e. The Bertz CT molecular complexity index is 567. The predicted octanol–water partition coefficient (Wildman–Crippen LogP) is 2.34. The SMILES string of the molecule is Cc1cc(C)c(C(=O)O)c(SCn2cccn2)n1. The van der Waals surface area contributed by atoms with Gasteiger partial charge in [-0.2, -0.15) is 5.10 Å². The Labute approximate surface area is 109 Å². The van der Waals surface area contributed by atoms with Crippen molar-refractivity contribution in [2.24, 2.45) is 0 Å². The maximum absolute atomic E-state index is 11.2. The minimum absolute atomic E-state index is 0.276. The van der Waals surface area contributed by atoms with Crippen molar-refractivity contribution in [1.82, 2.24) is 14.8 Å². The number of nitrogens with zero attached hydrogens (tertiary/aromatic N) is 3. The molecule has 0 aliphatic carbocycles. The Hall–Kier alpha value is -1.82. The summed E-state index contributed by atoms with van der Waals surface area (Å²) in [5, 5.41) is 13.8. The second kappa shape index (κ2) is 5.22. The molecule has 0 unspecified atom stereocenters. The van der Waals surface area contributed by atoms with Crippen LogP contribution in [-0.4, -0.2) is 25.8 Å². The number of carboxylic acid groups (broad SMARTS) is 1. The molecule has 5 nitrogen and oxygen atoms in total. The summed E-state index contributed by atoms with van der Waals surface area (Å²) in [6.45, 7) is 3.65. The number of aromatic nitrogens is 3. The Morgan fingerprint density at radius 2 is 2.28 bits per heavy atom. The third-order valence-corrected chi connectivity index (χ3v) is 3.38. The number of aromatic carboxylic acids is 1. The number of hydrogen-bond acceptors (Lipinski definition) is 4. The van der Waals surface area contributed by atoms with Crippen LogP contribution in [0.5, 0.6) is 0 Å². The summed E-state index contributed by atoms with van der Waals surface area (Å²) >= 11 is 1.37. The molecule has 0 amide bonds. The van der Waals surface area contributed by atoms with Crippen LogP contribution in [0.2, 0.25) is 0 Å². The fraction of sp³-hybridized carbons (Fsp3) is 0.250. The Morgan fingerprint density at radius 1 is 1.50 bits per heavy atom. The molecule has 0 aromatic carbocycles. The van der Waals surface area contributed by atoms with Crippen molar-refractivity contribution in [3.05, 3.63) is 41.3 Å². The third-order valence-electron chi connectivity index (χ3n) is 2.42. The van der Waals surface area contributed by atoms with Gasteiger partial charge >= 0.3 is 5.97 Å². The molecule has 0 radical (unpaired) electrons. The zero-order valence-corrected chi connectivity index (χ0v) is 10.9. The van der Waals surface area contributed by atoms with Gasteiger partial charge in [-0.25, -0.2) is 9.78 Å². The standard InChI is InChI=1S/C12H13N3O2S/c1-8-6-9(2)14-11(10(8)12(16)17)18-7-15-5-3-4-13-15/h3-6H,7H2,1-2H3,(H,16,17). The first-order valence-electron chi connectivity index (χ1n) is 5.39. The van der Waals surface area contributed by atoms with Crippen molar-refractivity contribution in [1.29, 1.82) is 0 Å². The van der Waals surface area contributed by atoms with E-state index in [0.29, 0.717) is 10.9 Å². The molecule has 0 aliphatic rings. The van der Waals surface area contributed by atoms with Gasteiger partial charge in [0.25, 0.3) is 0 Å². The maximum atomic E-state index is 11.2. The summed E-state index contributed by atoms with van der Waals surface area (Å²) < 4.78 is 1.73. The normalized spacial score (nSPS) is 10.6. The van der Waals surface area contributed by atoms with E-state index in [9.17, 15) is 9.90 Å². The van der Waals surface area contributed by atoms with E-state index < -0.39 is 5.97 Å². The van der Waals surface area contributed by atoms with Crippen molar-refractivity contribution in [2.45, 2.75) is 24.8 Å². The van der Waals surface area contributed by atoms with Crippen LogP contribution >= 0.6 is 11.8 Å². The molecule has 94 valence electrons. The highest BCUT2D eigenvalue weighted by molar-refractivity contribution is 7.98. The molecular weight excluding hydrogens is 250 g/mol. The molecule has 0 bridgehead atoms. The summed E-state index contributed by atoms with van der Waals surface area (Å²) in [5.41, 5.74) is 1.83. The van der Waals surface area contributed by atoms with E-state index in [1.165, 1.54) is 11.8 Å². The average Bonchev–Trinajstić information content (AvgIpc) is 2.77. The van der Waals surface area contributed by atoms with Crippen LogP contribution < -0.4 is 0 Å². The van der Waals surface area contributed by atoms with Gasteiger partial charge in [0, 0.05) is 18.1 Å². The van der Waals surface area contributed by atoms with E-state index in [1.807, 2.05) is 19.2 Å². The lowest BCUT2D eigenvalue weighted by Crippen LogP contribution is -2.06. The van der Waals surface area contributed by atoms with Gasteiger partial charge in [0.05, 0.1) is 11.4 Å². The highest BCUT2D eigenvalue weighted by Gasteiger charge is 2.16. The number of carbonyl (C=O) groups is 1. The number of pyridine rings is 1. The molecule has 1 N–H and O–H groups in total. The van der Waals surface area contributed by atoms with Gasteiger partial charge < -0.3 is 5.11 Å². The molecule has 0 atom stereocenters. The van der Waals surface area contributed by atoms with Gasteiger partial charge in [-0.05, 0) is 31.5 Å². The fourth-order valence-electron chi connectivity index (χ4n) is 1.67. The summed E-state index contributed by atoms with van der Waals surface area (Å²) in [6, 6.07) is 3.61. The minimum atomic E-state index is -0.942. The number of rotatable bonds is 4. The molecule has 0 spiro atoms. The molecule has 18 heavy (non-hydrogen) atoms. The van der Waals surface area contributed by atoms with Gasteiger partial charge in [0.1, 0.15) is 5.03 Å². The lowest BCUT2D eigenvalue weighted by atomic mass is 10.1. The molecule has 2 rings (SSSR count). The van der Waals surface area contributed by atoms with Gasteiger partial charge in [0.2, 0.25) is 0 Å². The van der Waals surface area contributed by atoms with Crippen LogP contribution in [0.15, 0.2) is 29.6 Å². The second-order valence-electron chi connectivity index (χ2n) is 3.88. The molecule has 0 fully saturated rings. The lowest BCUT2D eigenvalue weighted by molar-refractivity contribution is 0.0691. The van der Waals surface area contributed by atoms with E-state index >= 15 is 0 Å². The van der Waals surface area contributed by atoms with Crippen molar-refractivity contribution >= 4 is 17.7 Å². The Balaban J connectivity index is 2.28. The van der Waals surface area contributed by atoms with Crippen LogP contribution in [0, 0.1) is 13.8 Å². The van der Waals surface area contributed by atoms with Gasteiger partial charge in [0.15, 0.2) is 0 Å². The zero-order chi connectivity index (χ0) is 13.1. The lowest BCUT2D eigenvalue weighted by Gasteiger charge is -2.09. The largest absolute Gasteiger partial charge is 0.478 e. The molecule has 6 heteroatoms. The maximum Gasteiger partial charge on any atom is 0.338 e. The first-order valence-corrected chi connectivity index (χ1v) is 6.38. The van der Waals surface area contributed by atoms with Crippen molar-refractivity contribution in [2.75, 3.05) is 0 Å². The quantitative estimate of drug-likeness (QED) is 0.857. The molecule has 2 aromatic rings. The fourth-order valence-corrected chi connectivity index (χ4v) is 2.68. The smallest absolute Gasteiger partial charge is 0.338 e. The summed E-state index contributed by atoms with van der Waals surface area (Å²) in [5.74, 6) is -0.397. The predicted molar refractivity (Wildman–Crippen MR) is 68.8 cm³/mol. The molecule has 2 heterocycles. The van der Waals surface area contributed by atoms with Gasteiger partial charge in [-0.15, -0.1) is 0 Å². The first kappa shape index (κ1) is 12.6. The Kier molecular flexibility index (Phi) is 3.66. The van der Waals surface area contributed by atoms with Crippen LogP contribution in [-0.2, 0) is 5.88 Å². The van der Waals surface area contributed by atoms with Crippen molar-refractivity contribution < 1.29 is 9.90 Å². The monoisotopic (exact) mass is 263 g/mol. The summed E-state index contributed by atoms with van der Waals surface area (Å²) in [6.07, 6.45) is 3.52. The third kappa shape index (κ3) is 2.70. The van der Waals surface area contributed by atoms with Gasteiger partial charge in [-0.1, -0.05) is 11.8 Å². The van der Waals surface area contributed by atoms with Crippen molar-refractivity contribution in [3.63, 3.8) is 0 Å². The topological polar surface area (TPSA) is 68.0 Å². The number of thioether (sulfide) groups is 1. The van der Waals surface area contributed by atoms with E-state index in [0.717, 1.165) is 11.3 Å². The van der Waals surface area contributed by atoms with Crippen LogP contribution in [0.3, 0.4) is 0 Å². The van der Waals surface area contributed by atoms with E-state index in [4.69, 9.17) is 0 Å². The van der Waals surface area contributed by atoms with Crippen LogP contribution in [0.4, 0.5) is 0 Å².